The van der Waals surface area contributed by atoms with E-state index in [1.807, 2.05) is 24.3 Å². The SMILES string of the molecule is COc1ccc(NC(=O)C(Cc2cccnc2)c2ccc(Cl)cc2)cn1. The monoisotopic (exact) mass is 367 g/mol. The molecule has 0 aliphatic heterocycles. The van der Waals surface area contributed by atoms with Crippen LogP contribution in [-0.4, -0.2) is 23.0 Å². The lowest BCUT2D eigenvalue weighted by atomic mass is 9.91. The Morgan fingerprint density at radius 2 is 1.96 bits per heavy atom. The van der Waals surface area contributed by atoms with Gasteiger partial charge in [-0.25, -0.2) is 4.98 Å². The predicted octanol–water partition coefficient (Wildman–Crippen LogP) is 4.10. The zero-order valence-corrected chi connectivity index (χ0v) is 15.0. The van der Waals surface area contributed by atoms with Crippen LogP contribution >= 0.6 is 11.6 Å². The van der Waals surface area contributed by atoms with Crippen LogP contribution in [0.2, 0.25) is 5.02 Å². The Balaban J connectivity index is 1.83. The first-order valence-electron chi connectivity index (χ1n) is 8.11. The van der Waals surface area contributed by atoms with E-state index in [1.165, 1.54) is 0 Å². The Labute approximate surface area is 157 Å². The van der Waals surface area contributed by atoms with E-state index in [0.29, 0.717) is 23.0 Å². The normalized spacial score (nSPS) is 11.6. The second kappa shape index (κ2) is 8.45. The number of anilines is 1. The molecular weight excluding hydrogens is 350 g/mol. The Hall–Kier alpha value is -2.92. The fraction of sp³-hybridized carbons (Fsp3) is 0.150. The molecule has 0 radical (unpaired) electrons. The average Bonchev–Trinajstić information content (AvgIpc) is 2.68. The van der Waals surface area contributed by atoms with Crippen molar-refractivity contribution < 1.29 is 9.53 Å². The summed E-state index contributed by atoms with van der Waals surface area (Å²) in [6, 6.07) is 14.6. The van der Waals surface area contributed by atoms with E-state index in [1.54, 1.807) is 50.0 Å². The molecule has 3 rings (SSSR count). The maximum atomic E-state index is 12.9. The van der Waals surface area contributed by atoms with Crippen LogP contribution in [0, 0.1) is 0 Å². The van der Waals surface area contributed by atoms with Crippen molar-refractivity contribution in [2.75, 3.05) is 12.4 Å². The van der Waals surface area contributed by atoms with Gasteiger partial charge in [-0.05, 0) is 41.8 Å². The van der Waals surface area contributed by atoms with Crippen LogP contribution in [-0.2, 0) is 11.2 Å². The highest BCUT2D eigenvalue weighted by Gasteiger charge is 2.21. The van der Waals surface area contributed by atoms with Crippen molar-refractivity contribution in [3.05, 3.63) is 83.3 Å². The van der Waals surface area contributed by atoms with Gasteiger partial charge in [-0.2, -0.15) is 0 Å². The van der Waals surface area contributed by atoms with E-state index in [0.717, 1.165) is 11.1 Å². The fourth-order valence-electron chi connectivity index (χ4n) is 2.62. The van der Waals surface area contributed by atoms with Gasteiger partial charge in [0.15, 0.2) is 0 Å². The molecule has 1 unspecified atom stereocenters. The van der Waals surface area contributed by atoms with E-state index in [4.69, 9.17) is 16.3 Å². The van der Waals surface area contributed by atoms with E-state index >= 15 is 0 Å². The summed E-state index contributed by atoms with van der Waals surface area (Å²) in [5.74, 6) is -0.00526. The van der Waals surface area contributed by atoms with Gasteiger partial charge in [-0.1, -0.05) is 29.8 Å². The largest absolute Gasteiger partial charge is 0.481 e. The third-order valence-electron chi connectivity index (χ3n) is 3.96. The molecule has 1 aromatic carbocycles. The number of nitrogens with zero attached hydrogens (tertiary/aromatic N) is 2. The molecule has 0 spiro atoms. The first kappa shape index (κ1) is 17.9. The van der Waals surface area contributed by atoms with Crippen molar-refractivity contribution in [3.63, 3.8) is 0 Å². The molecule has 2 aromatic heterocycles. The van der Waals surface area contributed by atoms with Crippen molar-refractivity contribution in [2.24, 2.45) is 0 Å². The molecule has 0 fully saturated rings. The number of nitrogens with one attached hydrogen (secondary N) is 1. The number of hydrogen-bond donors (Lipinski definition) is 1. The number of carbonyl (C=O) groups excluding carboxylic acids is 1. The van der Waals surface area contributed by atoms with Gasteiger partial charge < -0.3 is 10.1 Å². The van der Waals surface area contributed by atoms with Crippen LogP contribution in [0.25, 0.3) is 0 Å². The molecular formula is C20H18ClN3O2. The van der Waals surface area contributed by atoms with Gasteiger partial charge in [0.05, 0.1) is 24.9 Å². The summed E-state index contributed by atoms with van der Waals surface area (Å²) in [6.45, 7) is 0. The Bertz CT molecular complexity index is 852. The number of carbonyl (C=O) groups is 1. The van der Waals surface area contributed by atoms with Crippen LogP contribution in [0.4, 0.5) is 5.69 Å². The Kier molecular flexibility index (Phi) is 5.81. The summed E-state index contributed by atoms with van der Waals surface area (Å²) < 4.78 is 5.04. The molecule has 26 heavy (non-hydrogen) atoms. The lowest BCUT2D eigenvalue weighted by molar-refractivity contribution is -0.117. The summed E-state index contributed by atoms with van der Waals surface area (Å²) in [6.07, 6.45) is 5.58. The van der Waals surface area contributed by atoms with E-state index in [9.17, 15) is 4.79 Å². The molecule has 132 valence electrons. The third-order valence-corrected chi connectivity index (χ3v) is 4.22. The van der Waals surface area contributed by atoms with E-state index in [-0.39, 0.29) is 11.8 Å². The molecule has 0 saturated carbocycles. The number of benzene rings is 1. The maximum absolute atomic E-state index is 12.9. The minimum absolute atomic E-state index is 0.122. The van der Waals surface area contributed by atoms with Crippen LogP contribution in [0.1, 0.15) is 17.0 Å². The molecule has 1 N–H and O–H groups in total. The van der Waals surface area contributed by atoms with Gasteiger partial charge in [0.25, 0.3) is 0 Å². The number of hydrogen-bond acceptors (Lipinski definition) is 4. The van der Waals surface area contributed by atoms with E-state index in [2.05, 4.69) is 15.3 Å². The maximum Gasteiger partial charge on any atom is 0.232 e. The van der Waals surface area contributed by atoms with Crippen molar-refractivity contribution in [1.82, 2.24) is 9.97 Å². The molecule has 5 nitrogen and oxygen atoms in total. The van der Waals surface area contributed by atoms with Crippen LogP contribution in [0.5, 0.6) is 5.88 Å². The molecule has 0 saturated heterocycles. The number of halogens is 1. The summed E-state index contributed by atoms with van der Waals surface area (Å²) >= 11 is 5.98. The standard InChI is InChI=1S/C20H18ClN3O2/c1-26-19-9-8-17(13-23-19)24-20(25)18(11-14-3-2-10-22-12-14)15-4-6-16(21)7-5-15/h2-10,12-13,18H,11H2,1H3,(H,24,25). The number of aromatic nitrogens is 2. The van der Waals surface area contributed by atoms with Crippen LogP contribution < -0.4 is 10.1 Å². The van der Waals surface area contributed by atoms with Gasteiger partial charge >= 0.3 is 0 Å². The fourth-order valence-corrected chi connectivity index (χ4v) is 2.74. The summed E-state index contributed by atoms with van der Waals surface area (Å²) in [7, 11) is 1.55. The van der Waals surface area contributed by atoms with Crippen molar-refractivity contribution >= 4 is 23.2 Å². The lowest BCUT2D eigenvalue weighted by Gasteiger charge is -2.17. The zero-order chi connectivity index (χ0) is 18.4. The van der Waals surface area contributed by atoms with Gasteiger partial charge in [0.1, 0.15) is 0 Å². The van der Waals surface area contributed by atoms with Gasteiger partial charge in [-0.15, -0.1) is 0 Å². The number of amides is 1. The first-order chi connectivity index (χ1) is 12.7. The molecule has 0 aliphatic rings. The number of pyridine rings is 2. The van der Waals surface area contributed by atoms with Gasteiger partial charge in [-0.3, -0.25) is 9.78 Å². The second-order valence-corrected chi connectivity index (χ2v) is 6.18. The second-order valence-electron chi connectivity index (χ2n) is 5.75. The third kappa shape index (κ3) is 4.58. The molecule has 1 atom stereocenters. The highest BCUT2D eigenvalue weighted by molar-refractivity contribution is 6.30. The predicted molar refractivity (Wildman–Crippen MR) is 102 cm³/mol. The van der Waals surface area contributed by atoms with E-state index < -0.39 is 0 Å². The molecule has 3 aromatic rings. The quantitative estimate of drug-likeness (QED) is 0.712. The van der Waals surface area contributed by atoms with Crippen molar-refractivity contribution in [3.8, 4) is 5.88 Å². The van der Waals surface area contributed by atoms with Gasteiger partial charge in [0.2, 0.25) is 11.8 Å². The minimum Gasteiger partial charge on any atom is -0.481 e. The Morgan fingerprint density at radius 1 is 1.15 bits per heavy atom. The van der Waals surface area contributed by atoms with Crippen LogP contribution in [0.3, 0.4) is 0 Å². The summed E-state index contributed by atoms with van der Waals surface area (Å²) in [4.78, 5) is 21.2. The molecule has 0 bridgehead atoms. The molecule has 2 heterocycles. The summed E-state index contributed by atoms with van der Waals surface area (Å²) in [5.41, 5.74) is 2.48. The highest BCUT2D eigenvalue weighted by Crippen LogP contribution is 2.24. The smallest absolute Gasteiger partial charge is 0.232 e. The first-order valence-corrected chi connectivity index (χ1v) is 8.49. The number of rotatable bonds is 6. The van der Waals surface area contributed by atoms with Crippen molar-refractivity contribution in [2.45, 2.75) is 12.3 Å². The zero-order valence-electron chi connectivity index (χ0n) is 14.2. The summed E-state index contributed by atoms with van der Waals surface area (Å²) in [5, 5.41) is 3.55. The molecule has 1 amide bonds. The lowest BCUT2D eigenvalue weighted by Crippen LogP contribution is -2.23. The number of ether oxygens (including phenoxy) is 1. The Morgan fingerprint density at radius 3 is 2.58 bits per heavy atom. The van der Waals surface area contributed by atoms with Crippen molar-refractivity contribution in [1.29, 1.82) is 0 Å². The van der Waals surface area contributed by atoms with Gasteiger partial charge in [0, 0.05) is 23.5 Å². The molecule has 6 heteroatoms. The topological polar surface area (TPSA) is 64.1 Å². The number of methoxy groups -OCH3 is 1. The minimum atomic E-state index is -0.376. The highest BCUT2D eigenvalue weighted by atomic mass is 35.5. The molecule has 0 aliphatic carbocycles. The average molecular weight is 368 g/mol. The van der Waals surface area contributed by atoms with Crippen LogP contribution in [0.15, 0.2) is 67.1 Å².